The van der Waals surface area contributed by atoms with Gasteiger partial charge in [-0.05, 0) is 33.0 Å². The van der Waals surface area contributed by atoms with E-state index in [1.54, 1.807) is 6.07 Å². The Hall–Kier alpha value is -1.22. The number of likely N-dealkylation sites (N-methyl/N-ethyl adjacent to an activating group) is 1. The Kier molecular flexibility index (Phi) is 3.06. The minimum atomic E-state index is 0.392. The largest absolute Gasteiger partial charge is 0.508 e. The number of nitrogens with zero attached hydrogens (tertiary/aromatic N) is 1. The number of aromatic hydroxyl groups is 1. The summed E-state index contributed by atoms with van der Waals surface area (Å²) in [4.78, 5) is 2.36. The molecule has 0 fully saturated rings. The molecule has 0 amide bonds. The number of anilines is 1. The highest BCUT2D eigenvalue weighted by Crippen LogP contribution is 2.42. The molecule has 0 saturated carbocycles. The molecule has 0 bridgehead atoms. The van der Waals surface area contributed by atoms with Crippen molar-refractivity contribution in [1.82, 2.24) is 5.32 Å². The molecule has 1 aliphatic rings. The zero-order chi connectivity index (χ0) is 11.7. The lowest BCUT2D eigenvalue weighted by atomic mass is 10.0. The third-order valence-corrected chi connectivity index (χ3v) is 3.27. The number of phenols is 1. The third kappa shape index (κ3) is 1.76. The highest BCUT2D eigenvalue weighted by molar-refractivity contribution is 5.65. The lowest BCUT2D eigenvalue weighted by Crippen LogP contribution is -2.31. The van der Waals surface area contributed by atoms with Crippen LogP contribution in [0.4, 0.5) is 5.69 Å². The number of fused-ring (bicyclic) bond motifs is 1. The van der Waals surface area contributed by atoms with Gasteiger partial charge < -0.3 is 15.3 Å². The second-order valence-electron chi connectivity index (χ2n) is 4.71. The van der Waals surface area contributed by atoms with Crippen LogP contribution in [-0.4, -0.2) is 31.3 Å². The van der Waals surface area contributed by atoms with Gasteiger partial charge in [0.05, 0.1) is 0 Å². The van der Waals surface area contributed by atoms with E-state index >= 15 is 0 Å². The molecule has 1 aromatic rings. The van der Waals surface area contributed by atoms with E-state index in [1.165, 1.54) is 5.69 Å². The molecule has 1 heterocycles. The van der Waals surface area contributed by atoms with Crippen LogP contribution in [0.2, 0.25) is 0 Å². The van der Waals surface area contributed by atoms with Crippen molar-refractivity contribution in [3.8, 4) is 5.75 Å². The van der Waals surface area contributed by atoms with Crippen molar-refractivity contribution in [2.75, 3.05) is 25.0 Å². The third-order valence-electron chi connectivity index (χ3n) is 3.27. The van der Waals surface area contributed by atoms with E-state index in [-0.39, 0.29) is 0 Å². The molecule has 2 N–H and O–H groups in total. The van der Waals surface area contributed by atoms with E-state index in [0.717, 1.165) is 18.7 Å². The second-order valence-corrected chi connectivity index (χ2v) is 4.71. The molecule has 3 nitrogen and oxygen atoms in total. The highest BCUT2D eigenvalue weighted by atomic mass is 16.3. The Balaban J connectivity index is 2.40. The molecule has 1 aliphatic heterocycles. The monoisotopic (exact) mass is 220 g/mol. The van der Waals surface area contributed by atoms with Crippen LogP contribution in [-0.2, 0) is 0 Å². The average molecular weight is 220 g/mol. The molecular weight excluding hydrogens is 200 g/mol. The summed E-state index contributed by atoms with van der Waals surface area (Å²) < 4.78 is 0. The van der Waals surface area contributed by atoms with Crippen molar-refractivity contribution in [3.63, 3.8) is 0 Å². The van der Waals surface area contributed by atoms with Crippen LogP contribution >= 0.6 is 0 Å². The first-order valence-corrected chi connectivity index (χ1v) is 5.88. The van der Waals surface area contributed by atoms with E-state index < -0.39 is 0 Å². The normalized spacial score (nSPS) is 19.2. The fourth-order valence-electron chi connectivity index (χ4n) is 2.54. The molecule has 88 valence electrons. The number of hydrogen-bond acceptors (Lipinski definition) is 3. The second kappa shape index (κ2) is 4.34. The smallest absolute Gasteiger partial charge is 0.121 e. The topological polar surface area (TPSA) is 35.5 Å². The quantitative estimate of drug-likeness (QED) is 0.817. The molecule has 3 heteroatoms. The number of hydrogen-bond donors (Lipinski definition) is 2. The summed E-state index contributed by atoms with van der Waals surface area (Å²) in [5.41, 5.74) is 2.29. The molecule has 1 aromatic carbocycles. The fraction of sp³-hybridized carbons (Fsp3) is 0.538. The Morgan fingerprint density at radius 3 is 2.88 bits per heavy atom. The van der Waals surface area contributed by atoms with Crippen LogP contribution < -0.4 is 10.2 Å². The fourth-order valence-corrected chi connectivity index (χ4v) is 2.54. The first kappa shape index (κ1) is 11.3. The number of phenolic OH excluding ortho intramolecular Hbond substituents is 1. The molecule has 0 radical (unpaired) electrons. The molecular formula is C13H20N2O. The minimum Gasteiger partial charge on any atom is -0.508 e. The standard InChI is InChI=1S/C13H20N2O/c1-9(2)15-8-10(7-14-3)13-11(15)5-4-6-12(13)16/h4-6,9-10,14,16H,7-8H2,1-3H3. The highest BCUT2D eigenvalue weighted by Gasteiger charge is 2.31. The maximum atomic E-state index is 9.97. The van der Waals surface area contributed by atoms with Crippen LogP contribution in [0.5, 0.6) is 5.75 Å². The van der Waals surface area contributed by atoms with Gasteiger partial charge in [0.2, 0.25) is 0 Å². The van der Waals surface area contributed by atoms with Gasteiger partial charge in [-0.25, -0.2) is 0 Å². The van der Waals surface area contributed by atoms with Gasteiger partial charge in [0, 0.05) is 36.3 Å². The Morgan fingerprint density at radius 2 is 2.25 bits per heavy atom. The molecule has 0 spiro atoms. The summed E-state index contributed by atoms with van der Waals surface area (Å²) in [6, 6.07) is 6.28. The van der Waals surface area contributed by atoms with Gasteiger partial charge in [0.25, 0.3) is 0 Å². The van der Waals surface area contributed by atoms with Crippen LogP contribution in [0.15, 0.2) is 18.2 Å². The Bertz CT molecular complexity index is 376. The molecule has 16 heavy (non-hydrogen) atoms. The molecule has 1 atom stereocenters. The van der Waals surface area contributed by atoms with Crippen LogP contribution in [0.3, 0.4) is 0 Å². The van der Waals surface area contributed by atoms with Gasteiger partial charge >= 0.3 is 0 Å². The van der Waals surface area contributed by atoms with E-state index in [2.05, 4.69) is 30.1 Å². The van der Waals surface area contributed by atoms with Crippen molar-refractivity contribution in [1.29, 1.82) is 0 Å². The first-order chi connectivity index (χ1) is 7.65. The zero-order valence-corrected chi connectivity index (χ0v) is 10.2. The van der Waals surface area contributed by atoms with Crippen molar-refractivity contribution >= 4 is 5.69 Å². The van der Waals surface area contributed by atoms with E-state index in [4.69, 9.17) is 0 Å². The van der Waals surface area contributed by atoms with Crippen LogP contribution in [0.1, 0.15) is 25.3 Å². The van der Waals surface area contributed by atoms with Crippen molar-refractivity contribution in [3.05, 3.63) is 23.8 Å². The average Bonchev–Trinajstić information content (AvgIpc) is 2.59. The van der Waals surface area contributed by atoms with E-state index in [1.807, 2.05) is 13.1 Å². The Morgan fingerprint density at radius 1 is 1.50 bits per heavy atom. The SMILES string of the molecule is CNCC1CN(C(C)C)c2cccc(O)c21. The first-order valence-electron chi connectivity index (χ1n) is 5.88. The summed E-state index contributed by atoms with van der Waals surface area (Å²) in [6.07, 6.45) is 0. The molecule has 1 unspecified atom stereocenters. The summed E-state index contributed by atoms with van der Waals surface area (Å²) in [5.74, 6) is 0.824. The molecule has 2 rings (SSSR count). The predicted octanol–water partition coefficient (Wildman–Crippen LogP) is 1.92. The predicted molar refractivity (Wildman–Crippen MR) is 67.3 cm³/mol. The Labute approximate surface area is 97.1 Å². The van der Waals surface area contributed by atoms with Crippen molar-refractivity contribution in [2.24, 2.45) is 0 Å². The van der Waals surface area contributed by atoms with E-state index in [0.29, 0.717) is 17.7 Å². The number of benzene rings is 1. The lowest BCUT2D eigenvalue weighted by Gasteiger charge is -2.24. The summed E-state index contributed by atoms with van der Waals surface area (Å²) in [6.45, 7) is 6.28. The van der Waals surface area contributed by atoms with Gasteiger partial charge in [-0.15, -0.1) is 0 Å². The van der Waals surface area contributed by atoms with Crippen LogP contribution in [0, 0.1) is 0 Å². The van der Waals surface area contributed by atoms with Gasteiger partial charge in [-0.3, -0.25) is 0 Å². The number of nitrogens with one attached hydrogen (secondary N) is 1. The maximum absolute atomic E-state index is 9.97. The minimum absolute atomic E-state index is 0.392. The summed E-state index contributed by atoms with van der Waals surface area (Å²) >= 11 is 0. The summed E-state index contributed by atoms with van der Waals surface area (Å²) in [7, 11) is 1.96. The maximum Gasteiger partial charge on any atom is 0.121 e. The van der Waals surface area contributed by atoms with Gasteiger partial charge in [0.1, 0.15) is 5.75 Å². The van der Waals surface area contributed by atoms with Gasteiger partial charge in [-0.2, -0.15) is 0 Å². The van der Waals surface area contributed by atoms with Gasteiger partial charge in [0.15, 0.2) is 0 Å². The molecule has 0 saturated heterocycles. The zero-order valence-electron chi connectivity index (χ0n) is 10.2. The molecule has 0 aromatic heterocycles. The number of rotatable bonds is 3. The summed E-state index contributed by atoms with van der Waals surface area (Å²) in [5, 5.41) is 13.2. The van der Waals surface area contributed by atoms with Crippen LogP contribution in [0.25, 0.3) is 0 Å². The lowest BCUT2D eigenvalue weighted by molar-refractivity contribution is 0.463. The van der Waals surface area contributed by atoms with Crippen molar-refractivity contribution < 1.29 is 5.11 Å². The van der Waals surface area contributed by atoms with Gasteiger partial charge in [-0.1, -0.05) is 6.07 Å². The van der Waals surface area contributed by atoms with Crippen molar-refractivity contribution in [2.45, 2.75) is 25.8 Å². The van der Waals surface area contributed by atoms with E-state index in [9.17, 15) is 5.11 Å². The molecule has 0 aliphatic carbocycles.